The average molecular weight is 270 g/mol. The quantitative estimate of drug-likeness (QED) is 0.819. The number of hydrogen-bond donors (Lipinski definition) is 2. The molecule has 3 N–H and O–H groups in total. The Kier molecular flexibility index (Phi) is 4.60. The van der Waals surface area contributed by atoms with Gasteiger partial charge in [-0.2, -0.15) is 0 Å². The molecule has 1 amide bonds. The smallest absolute Gasteiger partial charge is 0.258 e. The number of rotatable bonds is 5. The number of para-hydroxylation sites is 1. The van der Waals surface area contributed by atoms with Crippen molar-refractivity contribution in [1.82, 2.24) is 5.32 Å². The fourth-order valence-corrected chi connectivity index (χ4v) is 1.72. The van der Waals surface area contributed by atoms with E-state index in [0.29, 0.717) is 18.0 Å². The van der Waals surface area contributed by atoms with Crippen LogP contribution in [-0.4, -0.2) is 12.5 Å². The highest BCUT2D eigenvalue weighted by Crippen LogP contribution is 2.11. The number of nitrogens with one attached hydrogen (secondary N) is 1. The van der Waals surface area contributed by atoms with E-state index in [9.17, 15) is 4.79 Å². The highest BCUT2D eigenvalue weighted by Gasteiger charge is 2.04. The lowest BCUT2D eigenvalue weighted by Crippen LogP contribution is -2.28. The van der Waals surface area contributed by atoms with Gasteiger partial charge in [0.15, 0.2) is 6.61 Å². The summed E-state index contributed by atoms with van der Waals surface area (Å²) in [6.07, 6.45) is 0. The number of anilines is 1. The minimum Gasteiger partial charge on any atom is -0.484 e. The van der Waals surface area contributed by atoms with Gasteiger partial charge in [-0.15, -0.1) is 0 Å². The first-order valence-corrected chi connectivity index (χ1v) is 6.44. The van der Waals surface area contributed by atoms with Crippen LogP contribution < -0.4 is 15.8 Å². The van der Waals surface area contributed by atoms with Crippen molar-refractivity contribution in [3.05, 3.63) is 59.7 Å². The predicted molar refractivity (Wildman–Crippen MR) is 79.4 cm³/mol. The maximum absolute atomic E-state index is 11.7. The van der Waals surface area contributed by atoms with Gasteiger partial charge < -0.3 is 15.8 Å². The van der Waals surface area contributed by atoms with Crippen LogP contribution in [0.3, 0.4) is 0 Å². The molecule has 0 atom stereocenters. The molecule has 0 unspecified atom stereocenters. The first kappa shape index (κ1) is 13.9. The van der Waals surface area contributed by atoms with Crippen molar-refractivity contribution in [2.24, 2.45) is 0 Å². The lowest BCUT2D eigenvalue weighted by Gasteiger charge is -2.09. The fraction of sp³-hybridized carbons (Fsp3) is 0.188. The number of ether oxygens (including phenoxy) is 1. The molecule has 0 aliphatic heterocycles. The molecule has 2 aromatic carbocycles. The number of benzene rings is 2. The molecule has 0 aliphatic carbocycles. The third kappa shape index (κ3) is 4.02. The first-order valence-electron chi connectivity index (χ1n) is 6.44. The summed E-state index contributed by atoms with van der Waals surface area (Å²) < 4.78 is 5.40. The number of nitrogen functional groups attached to an aromatic ring is 1. The third-order valence-corrected chi connectivity index (χ3v) is 2.92. The second-order valence-electron chi connectivity index (χ2n) is 4.58. The molecule has 2 rings (SSSR count). The van der Waals surface area contributed by atoms with E-state index < -0.39 is 0 Å². The molecule has 0 saturated heterocycles. The van der Waals surface area contributed by atoms with Crippen LogP contribution in [0.1, 0.15) is 11.1 Å². The van der Waals surface area contributed by atoms with Crippen LogP contribution in [0, 0.1) is 6.92 Å². The average Bonchev–Trinajstić information content (AvgIpc) is 2.46. The molecule has 0 saturated carbocycles. The highest BCUT2D eigenvalue weighted by atomic mass is 16.5. The molecule has 0 heterocycles. The molecule has 2 aromatic rings. The maximum Gasteiger partial charge on any atom is 0.258 e. The zero-order chi connectivity index (χ0) is 14.4. The van der Waals surface area contributed by atoms with E-state index in [1.54, 1.807) is 0 Å². The summed E-state index contributed by atoms with van der Waals surface area (Å²) in [5, 5.41) is 2.78. The van der Waals surface area contributed by atoms with E-state index >= 15 is 0 Å². The van der Waals surface area contributed by atoms with E-state index in [1.807, 2.05) is 55.5 Å². The lowest BCUT2D eigenvalue weighted by molar-refractivity contribution is -0.123. The first-order chi connectivity index (χ1) is 9.65. The maximum atomic E-state index is 11.7. The van der Waals surface area contributed by atoms with Crippen molar-refractivity contribution in [2.75, 3.05) is 12.3 Å². The van der Waals surface area contributed by atoms with E-state index in [-0.39, 0.29) is 12.5 Å². The molecule has 104 valence electrons. The summed E-state index contributed by atoms with van der Waals surface area (Å²) in [6.45, 7) is 2.40. The van der Waals surface area contributed by atoms with Crippen molar-refractivity contribution in [3.63, 3.8) is 0 Å². The zero-order valence-corrected chi connectivity index (χ0v) is 11.4. The summed E-state index contributed by atoms with van der Waals surface area (Å²) in [4.78, 5) is 11.7. The SMILES string of the molecule is Cc1ccc(OCC(=O)NCc2ccccc2N)cc1. The molecule has 4 heteroatoms. The summed E-state index contributed by atoms with van der Waals surface area (Å²) in [6, 6.07) is 15.0. The van der Waals surface area contributed by atoms with Gasteiger partial charge in [-0.1, -0.05) is 35.9 Å². The van der Waals surface area contributed by atoms with Gasteiger partial charge in [0.25, 0.3) is 5.91 Å². The van der Waals surface area contributed by atoms with Gasteiger partial charge in [0.1, 0.15) is 5.75 Å². The molecule has 0 spiro atoms. The highest BCUT2D eigenvalue weighted by molar-refractivity contribution is 5.77. The second-order valence-corrected chi connectivity index (χ2v) is 4.58. The number of aryl methyl sites for hydroxylation is 1. The topological polar surface area (TPSA) is 64.3 Å². The Balaban J connectivity index is 1.78. The molecule has 0 aliphatic rings. The third-order valence-electron chi connectivity index (χ3n) is 2.92. The number of nitrogens with two attached hydrogens (primary N) is 1. The fourth-order valence-electron chi connectivity index (χ4n) is 1.72. The predicted octanol–water partition coefficient (Wildman–Crippen LogP) is 2.27. The van der Waals surface area contributed by atoms with E-state index in [1.165, 1.54) is 0 Å². The molecule has 20 heavy (non-hydrogen) atoms. The van der Waals surface area contributed by atoms with Crippen LogP contribution in [0.5, 0.6) is 5.75 Å². The number of hydrogen-bond acceptors (Lipinski definition) is 3. The number of carbonyl (C=O) groups excluding carboxylic acids is 1. The van der Waals surface area contributed by atoms with Gasteiger partial charge in [0, 0.05) is 12.2 Å². The molecule has 0 fully saturated rings. The summed E-state index contributed by atoms with van der Waals surface area (Å²) in [5.74, 6) is 0.513. The summed E-state index contributed by atoms with van der Waals surface area (Å²) in [7, 11) is 0. The molecular weight excluding hydrogens is 252 g/mol. The molecule has 0 bridgehead atoms. The van der Waals surface area contributed by atoms with Gasteiger partial charge >= 0.3 is 0 Å². The minimum atomic E-state index is -0.172. The summed E-state index contributed by atoms with van der Waals surface area (Å²) >= 11 is 0. The van der Waals surface area contributed by atoms with Crippen LogP contribution in [0.2, 0.25) is 0 Å². The van der Waals surface area contributed by atoms with Crippen LogP contribution >= 0.6 is 0 Å². The molecule has 0 radical (unpaired) electrons. The molecular formula is C16H18N2O2. The molecule has 4 nitrogen and oxygen atoms in total. The molecule has 0 aromatic heterocycles. The zero-order valence-electron chi connectivity index (χ0n) is 11.4. The van der Waals surface area contributed by atoms with E-state index in [2.05, 4.69) is 5.32 Å². The Morgan fingerprint density at radius 2 is 1.85 bits per heavy atom. The van der Waals surface area contributed by atoms with Crippen LogP contribution in [0.25, 0.3) is 0 Å². The Morgan fingerprint density at radius 1 is 1.15 bits per heavy atom. The monoisotopic (exact) mass is 270 g/mol. The van der Waals surface area contributed by atoms with E-state index in [4.69, 9.17) is 10.5 Å². The Labute approximate surface area is 118 Å². The van der Waals surface area contributed by atoms with Crippen molar-refractivity contribution in [3.8, 4) is 5.75 Å². The van der Waals surface area contributed by atoms with Crippen LogP contribution in [0.15, 0.2) is 48.5 Å². The largest absolute Gasteiger partial charge is 0.484 e. The van der Waals surface area contributed by atoms with Gasteiger partial charge in [0.2, 0.25) is 0 Å². The second kappa shape index (κ2) is 6.61. The van der Waals surface area contributed by atoms with Crippen LogP contribution in [0.4, 0.5) is 5.69 Å². The van der Waals surface area contributed by atoms with E-state index in [0.717, 1.165) is 11.1 Å². The lowest BCUT2D eigenvalue weighted by atomic mass is 10.2. The number of amides is 1. The van der Waals surface area contributed by atoms with Crippen molar-refractivity contribution >= 4 is 11.6 Å². The number of carbonyl (C=O) groups is 1. The normalized spacial score (nSPS) is 10.1. The Morgan fingerprint density at radius 3 is 2.55 bits per heavy atom. The van der Waals surface area contributed by atoms with Crippen molar-refractivity contribution in [2.45, 2.75) is 13.5 Å². The van der Waals surface area contributed by atoms with Gasteiger partial charge in [-0.3, -0.25) is 4.79 Å². The van der Waals surface area contributed by atoms with Crippen molar-refractivity contribution in [1.29, 1.82) is 0 Å². The van der Waals surface area contributed by atoms with Gasteiger partial charge in [-0.05, 0) is 30.7 Å². The Hall–Kier alpha value is -2.49. The Bertz CT molecular complexity index is 579. The van der Waals surface area contributed by atoms with Gasteiger partial charge in [-0.25, -0.2) is 0 Å². The van der Waals surface area contributed by atoms with Crippen molar-refractivity contribution < 1.29 is 9.53 Å². The van der Waals surface area contributed by atoms with Gasteiger partial charge in [0.05, 0.1) is 0 Å². The standard InChI is InChI=1S/C16H18N2O2/c1-12-6-8-14(9-7-12)20-11-16(19)18-10-13-4-2-3-5-15(13)17/h2-9H,10-11,17H2,1H3,(H,18,19). The minimum absolute atomic E-state index is 0.00417. The summed E-state index contributed by atoms with van der Waals surface area (Å²) in [5.41, 5.74) is 8.53. The van der Waals surface area contributed by atoms with Crippen LogP contribution in [-0.2, 0) is 11.3 Å².